The number of ether oxygens (including phenoxy) is 1. The van der Waals surface area contributed by atoms with Crippen LogP contribution in [-0.2, 0) is 11.3 Å². The zero-order valence-electron chi connectivity index (χ0n) is 14.2. The number of para-hydroxylation sites is 1. The van der Waals surface area contributed by atoms with Gasteiger partial charge in [0.15, 0.2) is 0 Å². The molecular weight excluding hydrogens is 314 g/mol. The van der Waals surface area contributed by atoms with Crippen LogP contribution in [0.4, 0.5) is 0 Å². The lowest BCUT2D eigenvalue weighted by molar-refractivity contribution is -0.122. The Balaban J connectivity index is 1.73. The number of hydrogen-bond acceptors (Lipinski definition) is 3. The van der Waals surface area contributed by atoms with E-state index >= 15 is 0 Å². The topological polar surface area (TPSA) is 67.0 Å². The van der Waals surface area contributed by atoms with E-state index in [4.69, 9.17) is 4.74 Å². The van der Waals surface area contributed by atoms with E-state index in [1.807, 2.05) is 60.0 Å². The van der Waals surface area contributed by atoms with Crippen LogP contribution in [0, 0.1) is 11.3 Å². The summed E-state index contributed by atoms with van der Waals surface area (Å²) in [6.45, 7) is 2.11. The highest BCUT2D eigenvalue weighted by Gasteiger charge is 2.13. The Morgan fingerprint density at radius 3 is 2.64 bits per heavy atom. The molecular formula is C20H19N3O2. The summed E-state index contributed by atoms with van der Waals surface area (Å²) >= 11 is 0. The van der Waals surface area contributed by atoms with Crippen LogP contribution in [0.5, 0.6) is 5.75 Å². The molecule has 5 heteroatoms. The molecule has 0 saturated heterocycles. The number of fused-ring (bicyclic) bond motifs is 1. The lowest BCUT2D eigenvalue weighted by Crippen LogP contribution is -2.29. The third-order valence-electron chi connectivity index (χ3n) is 4.22. The van der Waals surface area contributed by atoms with Crippen LogP contribution in [0.25, 0.3) is 10.9 Å². The molecule has 3 rings (SSSR count). The second-order valence-corrected chi connectivity index (χ2v) is 5.86. The summed E-state index contributed by atoms with van der Waals surface area (Å²) in [7, 11) is 1.62. The van der Waals surface area contributed by atoms with E-state index in [1.54, 1.807) is 13.3 Å². The summed E-state index contributed by atoms with van der Waals surface area (Å²) < 4.78 is 6.96. The van der Waals surface area contributed by atoms with Gasteiger partial charge in [0.05, 0.1) is 18.7 Å². The second-order valence-electron chi connectivity index (χ2n) is 5.86. The van der Waals surface area contributed by atoms with E-state index in [-0.39, 0.29) is 18.5 Å². The highest BCUT2D eigenvalue weighted by Crippen LogP contribution is 2.21. The molecule has 0 aliphatic rings. The summed E-state index contributed by atoms with van der Waals surface area (Å²) in [5.41, 5.74) is 2.46. The number of nitriles is 1. The normalized spacial score (nSPS) is 11.7. The van der Waals surface area contributed by atoms with Gasteiger partial charge in [-0.05, 0) is 30.7 Å². The first-order valence-corrected chi connectivity index (χ1v) is 8.03. The smallest absolute Gasteiger partial charge is 0.240 e. The number of benzene rings is 2. The molecule has 0 radical (unpaired) electrons. The molecule has 0 fully saturated rings. The Morgan fingerprint density at radius 2 is 1.96 bits per heavy atom. The Morgan fingerprint density at radius 1 is 1.24 bits per heavy atom. The Labute approximate surface area is 146 Å². The lowest BCUT2D eigenvalue weighted by Gasteiger charge is -2.15. The van der Waals surface area contributed by atoms with Gasteiger partial charge in [-0.15, -0.1) is 0 Å². The molecule has 0 aliphatic heterocycles. The Bertz CT molecular complexity index is 936. The zero-order chi connectivity index (χ0) is 17.8. The highest BCUT2D eigenvalue weighted by atomic mass is 16.5. The molecule has 1 N–H and O–H groups in total. The first-order valence-electron chi connectivity index (χ1n) is 8.03. The third-order valence-corrected chi connectivity index (χ3v) is 4.22. The van der Waals surface area contributed by atoms with Gasteiger partial charge in [0, 0.05) is 17.1 Å². The first-order chi connectivity index (χ1) is 12.1. The van der Waals surface area contributed by atoms with Gasteiger partial charge in [-0.1, -0.05) is 30.3 Å². The van der Waals surface area contributed by atoms with E-state index in [9.17, 15) is 10.1 Å². The summed E-state index contributed by atoms with van der Waals surface area (Å²) in [6, 6.07) is 17.3. The minimum absolute atomic E-state index is 0.103. The fourth-order valence-electron chi connectivity index (χ4n) is 2.88. The zero-order valence-corrected chi connectivity index (χ0v) is 14.2. The SMILES string of the molecule is COc1ccc(C(C)NC(=O)Cn2cc(C#N)c3ccccc32)cc1. The first kappa shape index (κ1) is 16.6. The molecule has 1 unspecified atom stereocenters. The van der Waals surface area contributed by atoms with E-state index in [1.165, 1.54) is 0 Å². The van der Waals surface area contributed by atoms with Crippen LogP contribution in [0.3, 0.4) is 0 Å². The fraction of sp³-hybridized carbons (Fsp3) is 0.200. The molecule has 0 bridgehead atoms. The Hall–Kier alpha value is -3.26. The van der Waals surface area contributed by atoms with Crippen molar-refractivity contribution in [2.75, 3.05) is 7.11 Å². The predicted molar refractivity (Wildman–Crippen MR) is 96.2 cm³/mol. The van der Waals surface area contributed by atoms with Crippen molar-refractivity contribution in [3.05, 3.63) is 65.9 Å². The van der Waals surface area contributed by atoms with Gasteiger partial charge < -0.3 is 14.6 Å². The number of rotatable bonds is 5. The van der Waals surface area contributed by atoms with Crippen molar-refractivity contribution in [2.24, 2.45) is 0 Å². The molecule has 25 heavy (non-hydrogen) atoms. The molecule has 2 aromatic carbocycles. The van der Waals surface area contributed by atoms with Crippen molar-refractivity contribution in [3.63, 3.8) is 0 Å². The number of hydrogen-bond donors (Lipinski definition) is 1. The van der Waals surface area contributed by atoms with Crippen LogP contribution >= 0.6 is 0 Å². The quantitative estimate of drug-likeness (QED) is 0.778. The van der Waals surface area contributed by atoms with Crippen LogP contribution in [0.1, 0.15) is 24.1 Å². The summed E-state index contributed by atoms with van der Waals surface area (Å²) in [5.74, 6) is 0.679. The van der Waals surface area contributed by atoms with Gasteiger partial charge in [-0.3, -0.25) is 4.79 Å². The lowest BCUT2D eigenvalue weighted by atomic mass is 10.1. The summed E-state index contributed by atoms with van der Waals surface area (Å²) in [4.78, 5) is 12.4. The van der Waals surface area contributed by atoms with E-state index in [2.05, 4.69) is 11.4 Å². The number of nitrogens with zero attached hydrogens (tertiary/aromatic N) is 2. The number of carbonyl (C=O) groups excluding carboxylic acids is 1. The van der Waals surface area contributed by atoms with E-state index in [0.717, 1.165) is 22.2 Å². The van der Waals surface area contributed by atoms with Gasteiger partial charge >= 0.3 is 0 Å². The molecule has 0 aliphatic carbocycles. The van der Waals surface area contributed by atoms with Crippen LogP contribution in [0.15, 0.2) is 54.7 Å². The molecule has 0 saturated carbocycles. The number of amides is 1. The monoisotopic (exact) mass is 333 g/mol. The molecule has 3 aromatic rings. The third kappa shape index (κ3) is 3.48. The van der Waals surface area contributed by atoms with Crippen molar-refractivity contribution in [1.82, 2.24) is 9.88 Å². The van der Waals surface area contributed by atoms with Crippen molar-refractivity contribution in [1.29, 1.82) is 5.26 Å². The number of methoxy groups -OCH3 is 1. The number of carbonyl (C=O) groups is 1. The minimum Gasteiger partial charge on any atom is -0.497 e. The fourth-order valence-corrected chi connectivity index (χ4v) is 2.88. The molecule has 1 aromatic heterocycles. The second kappa shape index (κ2) is 7.10. The van der Waals surface area contributed by atoms with Crippen molar-refractivity contribution in [2.45, 2.75) is 19.5 Å². The molecule has 1 atom stereocenters. The molecule has 1 amide bonds. The summed E-state index contributed by atoms with van der Waals surface area (Å²) in [5, 5.41) is 13.1. The van der Waals surface area contributed by atoms with Crippen LogP contribution in [-0.4, -0.2) is 17.6 Å². The number of aromatic nitrogens is 1. The summed E-state index contributed by atoms with van der Waals surface area (Å²) in [6.07, 6.45) is 1.72. The van der Waals surface area contributed by atoms with Crippen molar-refractivity contribution < 1.29 is 9.53 Å². The Kier molecular flexibility index (Phi) is 4.71. The predicted octanol–water partition coefficient (Wildman–Crippen LogP) is 3.40. The van der Waals surface area contributed by atoms with Gasteiger partial charge in [-0.2, -0.15) is 5.26 Å². The maximum absolute atomic E-state index is 12.4. The average Bonchev–Trinajstić information content (AvgIpc) is 2.99. The maximum atomic E-state index is 12.4. The maximum Gasteiger partial charge on any atom is 0.240 e. The molecule has 1 heterocycles. The van der Waals surface area contributed by atoms with E-state index < -0.39 is 0 Å². The largest absolute Gasteiger partial charge is 0.497 e. The standard InChI is InChI=1S/C20H19N3O2/c1-14(15-7-9-17(25-2)10-8-15)22-20(24)13-23-12-16(11-21)18-5-3-4-6-19(18)23/h3-10,12,14H,13H2,1-2H3,(H,22,24). The van der Waals surface area contributed by atoms with Crippen LogP contribution < -0.4 is 10.1 Å². The van der Waals surface area contributed by atoms with Gasteiger partial charge in [0.2, 0.25) is 5.91 Å². The highest BCUT2D eigenvalue weighted by molar-refractivity contribution is 5.88. The van der Waals surface area contributed by atoms with Crippen molar-refractivity contribution >= 4 is 16.8 Å². The van der Waals surface area contributed by atoms with Gasteiger partial charge in [-0.25, -0.2) is 0 Å². The minimum atomic E-state index is -0.115. The van der Waals surface area contributed by atoms with Crippen LogP contribution in [0.2, 0.25) is 0 Å². The molecule has 5 nitrogen and oxygen atoms in total. The molecule has 126 valence electrons. The average molecular weight is 333 g/mol. The van der Waals surface area contributed by atoms with Crippen molar-refractivity contribution in [3.8, 4) is 11.8 Å². The van der Waals surface area contributed by atoms with Gasteiger partial charge in [0.1, 0.15) is 18.4 Å². The number of nitrogens with one attached hydrogen (secondary N) is 1. The molecule has 0 spiro atoms. The van der Waals surface area contributed by atoms with Gasteiger partial charge in [0.25, 0.3) is 0 Å². The van der Waals surface area contributed by atoms with E-state index in [0.29, 0.717) is 5.56 Å².